The maximum atomic E-state index is 13.2. The van der Waals surface area contributed by atoms with Crippen molar-refractivity contribution in [1.29, 1.82) is 0 Å². The van der Waals surface area contributed by atoms with Gasteiger partial charge in [0.25, 0.3) is 0 Å². The van der Waals surface area contributed by atoms with Crippen LogP contribution in [0.5, 0.6) is 0 Å². The van der Waals surface area contributed by atoms with Crippen LogP contribution in [0, 0.1) is 0 Å². The molecule has 45 heavy (non-hydrogen) atoms. The van der Waals surface area contributed by atoms with Gasteiger partial charge in [-0.05, 0) is 12.8 Å². The Bertz CT molecular complexity index is 667. The quantitative estimate of drug-likeness (QED) is 0.0580. The summed E-state index contributed by atoms with van der Waals surface area (Å²) in [5, 5.41) is 30.4. The fourth-order valence-corrected chi connectivity index (χ4v) is 6.38. The van der Waals surface area contributed by atoms with Crippen molar-refractivity contribution in [3.8, 4) is 0 Å². The first kappa shape index (κ1) is 42.1. The number of rotatable bonds is 30. The Kier molecular flexibility index (Phi) is 27.3. The van der Waals surface area contributed by atoms with Crippen molar-refractivity contribution in [1.82, 2.24) is 4.90 Å². The van der Waals surface area contributed by atoms with Gasteiger partial charge < -0.3 is 30.5 Å². The highest BCUT2D eigenvalue weighted by Crippen LogP contribution is 2.24. The Morgan fingerprint density at radius 3 is 1.40 bits per heavy atom. The molecule has 268 valence electrons. The number of amides is 1. The van der Waals surface area contributed by atoms with E-state index in [0.29, 0.717) is 13.2 Å². The third-order valence-corrected chi connectivity index (χ3v) is 9.47. The Morgan fingerprint density at radius 1 is 0.622 bits per heavy atom. The van der Waals surface area contributed by atoms with Gasteiger partial charge >= 0.3 is 6.09 Å². The standard InChI is InChI=1S/C37H74N2O6/c1-3-5-7-9-11-13-15-16-17-18-19-20-21-23-25-27-29-39(36-33(38)35(42)34(41)32(31-40)45-36)37(43)44-30-28-26-24-22-14-12-10-8-6-4-2/h32-36,40-42H,3-31,38H2,1-2H3/t32-,33-,34-,35-,36-/m1/s1. The molecule has 8 nitrogen and oxygen atoms in total. The summed E-state index contributed by atoms with van der Waals surface area (Å²) in [5.74, 6) is 0. The topological polar surface area (TPSA) is 125 Å². The van der Waals surface area contributed by atoms with Crippen molar-refractivity contribution in [2.75, 3.05) is 19.8 Å². The van der Waals surface area contributed by atoms with Gasteiger partial charge in [0.05, 0.1) is 19.3 Å². The summed E-state index contributed by atoms with van der Waals surface area (Å²) < 4.78 is 11.5. The lowest BCUT2D eigenvalue weighted by molar-refractivity contribution is -0.221. The van der Waals surface area contributed by atoms with Crippen molar-refractivity contribution in [2.24, 2.45) is 5.73 Å². The molecule has 0 bridgehead atoms. The highest BCUT2D eigenvalue weighted by molar-refractivity contribution is 5.68. The predicted octanol–water partition coefficient (Wildman–Crippen LogP) is 8.37. The van der Waals surface area contributed by atoms with Crippen LogP contribution in [0.4, 0.5) is 4.79 Å². The van der Waals surface area contributed by atoms with Gasteiger partial charge in [0.15, 0.2) is 6.23 Å². The largest absolute Gasteiger partial charge is 0.449 e. The first-order valence-electron chi connectivity index (χ1n) is 19.3. The van der Waals surface area contributed by atoms with E-state index in [0.717, 1.165) is 38.5 Å². The van der Waals surface area contributed by atoms with Gasteiger partial charge in [0, 0.05) is 6.54 Å². The highest BCUT2D eigenvalue weighted by Gasteiger charge is 2.46. The molecule has 1 saturated heterocycles. The lowest BCUT2D eigenvalue weighted by Crippen LogP contribution is -2.67. The molecule has 1 aliphatic heterocycles. The van der Waals surface area contributed by atoms with Gasteiger partial charge in [-0.25, -0.2) is 4.79 Å². The number of hydrogen-bond donors (Lipinski definition) is 4. The van der Waals surface area contributed by atoms with Crippen LogP contribution in [0.25, 0.3) is 0 Å². The molecule has 1 amide bonds. The Hall–Kier alpha value is -0.930. The number of carbonyl (C=O) groups excluding carboxylic acids is 1. The molecule has 0 radical (unpaired) electrons. The lowest BCUT2D eigenvalue weighted by atomic mass is 9.96. The van der Waals surface area contributed by atoms with Crippen LogP contribution in [-0.2, 0) is 9.47 Å². The molecule has 0 saturated carbocycles. The van der Waals surface area contributed by atoms with Crippen molar-refractivity contribution in [3.63, 3.8) is 0 Å². The van der Waals surface area contributed by atoms with Crippen molar-refractivity contribution >= 4 is 6.09 Å². The average Bonchev–Trinajstić information content (AvgIpc) is 3.04. The first-order valence-corrected chi connectivity index (χ1v) is 19.3. The van der Waals surface area contributed by atoms with Crippen molar-refractivity contribution in [3.05, 3.63) is 0 Å². The van der Waals surface area contributed by atoms with Gasteiger partial charge in [-0.2, -0.15) is 0 Å². The molecule has 1 aliphatic rings. The zero-order valence-corrected chi connectivity index (χ0v) is 29.5. The second kappa shape index (κ2) is 29.2. The minimum atomic E-state index is -1.30. The van der Waals surface area contributed by atoms with E-state index < -0.39 is 43.3 Å². The minimum Gasteiger partial charge on any atom is -0.449 e. The molecule has 0 aromatic carbocycles. The number of aliphatic hydroxyl groups is 3. The zero-order valence-electron chi connectivity index (χ0n) is 29.5. The summed E-state index contributed by atoms with van der Waals surface area (Å²) >= 11 is 0. The summed E-state index contributed by atoms with van der Waals surface area (Å²) in [4.78, 5) is 14.6. The SMILES string of the molecule is CCCCCCCCCCCCCCCCCCN(C(=O)OCCCCCCCCCCCC)[C@@H]1O[C@H](CO)[C@@H](O)[C@H](O)[C@H]1N. The fraction of sp³-hybridized carbons (Fsp3) is 0.973. The van der Waals surface area contributed by atoms with E-state index in [2.05, 4.69) is 13.8 Å². The molecule has 1 fully saturated rings. The highest BCUT2D eigenvalue weighted by atomic mass is 16.6. The number of unbranched alkanes of at least 4 members (excludes halogenated alkanes) is 24. The molecular weight excluding hydrogens is 568 g/mol. The van der Waals surface area contributed by atoms with Crippen LogP contribution >= 0.6 is 0 Å². The Balaban J connectivity index is 2.32. The smallest absolute Gasteiger partial charge is 0.411 e. The van der Waals surface area contributed by atoms with Crippen LogP contribution in [-0.4, -0.2) is 76.7 Å². The van der Waals surface area contributed by atoms with Crippen molar-refractivity contribution < 1.29 is 29.6 Å². The molecule has 5 atom stereocenters. The molecule has 8 heteroatoms. The number of nitrogens with two attached hydrogens (primary N) is 1. The van der Waals surface area contributed by atoms with Crippen LogP contribution in [0.2, 0.25) is 0 Å². The summed E-state index contributed by atoms with van der Waals surface area (Å²) in [6.45, 7) is 4.77. The summed E-state index contributed by atoms with van der Waals surface area (Å²) in [7, 11) is 0. The average molecular weight is 643 g/mol. The number of nitrogens with zero attached hydrogens (tertiary/aromatic N) is 1. The fourth-order valence-electron chi connectivity index (χ4n) is 6.38. The molecule has 0 aromatic heterocycles. The molecule has 0 unspecified atom stereocenters. The van der Waals surface area contributed by atoms with Gasteiger partial charge in [-0.3, -0.25) is 4.90 Å². The van der Waals surface area contributed by atoms with E-state index in [1.807, 2.05) is 0 Å². The van der Waals surface area contributed by atoms with E-state index in [1.54, 1.807) is 0 Å². The lowest BCUT2D eigenvalue weighted by Gasteiger charge is -2.44. The molecule has 1 rings (SSSR count). The third kappa shape index (κ3) is 20.1. The summed E-state index contributed by atoms with van der Waals surface area (Å²) in [5.41, 5.74) is 6.22. The van der Waals surface area contributed by atoms with Crippen LogP contribution in [0.3, 0.4) is 0 Å². The molecule has 0 spiro atoms. The van der Waals surface area contributed by atoms with E-state index >= 15 is 0 Å². The Morgan fingerprint density at radius 2 is 1.00 bits per heavy atom. The van der Waals surface area contributed by atoms with E-state index in [4.69, 9.17) is 15.2 Å². The van der Waals surface area contributed by atoms with Gasteiger partial charge in [-0.1, -0.05) is 168 Å². The third-order valence-electron chi connectivity index (χ3n) is 9.47. The maximum absolute atomic E-state index is 13.2. The second-order valence-electron chi connectivity index (χ2n) is 13.6. The normalized spacial score (nSPS) is 21.7. The van der Waals surface area contributed by atoms with E-state index in [1.165, 1.54) is 133 Å². The van der Waals surface area contributed by atoms with Gasteiger partial charge in [0.2, 0.25) is 0 Å². The van der Waals surface area contributed by atoms with Gasteiger partial charge in [-0.15, -0.1) is 0 Å². The van der Waals surface area contributed by atoms with Crippen LogP contribution in [0.1, 0.15) is 181 Å². The number of carbonyl (C=O) groups is 1. The molecule has 0 aromatic rings. The van der Waals surface area contributed by atoms with Crippen LogP contribution < -0.4 is 5.73 Å². The van der Waals surface area contributed by atoms with E-state index in [9.17, 15) is 20.1 Å². The summed E-state index contributed by atoms with van der Waals surface area (Å²) in [6.07, 6.45) is 27.3. The number of ether oxygens (including phenoxy) is 2. The maximum Gasteiger partial charge on any atom is 0.411 e. The number of aliphatic hydroxyl groups excluding tert-OH is 3. The Labute approximate surface area is 277 Å². The minimum absolute atomic E-state index is 0.335. The molecule has 1 heterocycles. The predicted molar refractivity (Wildman–Crippen MR) is 185 cm³/mol. The molecular formula is C37H74N2O6. The second-order valence-corrected chi connectivity index (χ2v) is 13.6. The number of hydrogen-bond acceptors (Lipinski definition) is 7. The van der Waals surface area contributed by atoms with E-state index in [-0.39, 0.29) is 0 Å². The van der Waals surface area contributed by atoms with Crippen molar-refractivity contribution in [2.45, 2.75) is 211 Å². The van der Waals surface area contributed by atoms with Crippen LogP contribution in [0.15, 0.2) is 0 Å². The monoisotopic (exact) mass is 643 g/mol. The first-order chi connectivity index (χ1) is 22.0. The zero-order chi connectivity index (χ0) is 33.0. The van der Waals surface area contributed by atoms with Gasteiger partial charge in [0.1, 0.15) is 18.3 Å². The molecule has 5 N–H and O–H groups in total. The summed E-state index contributed by atoms with van der Waals surface area (Å²) in [6, 6.07) is -0.992. The molecule has 0 aliphatic carbocycles.